The molecule has 0 saturated carbocycles. The SMILES string of the molecule is Cc1nc2cc(F)c(-c3cnc(N4CCC(CO)(C(=O)O)CC4)nc3)cn2c1Cc1ccccc1OC(F)F. The second kappa shape index (κ2) is 10.5. The van der Waals surface area contributed by atoms with Crippen LogP contribution in [0.1, 0.15) is 29.8 Å². The minimum atomic E-state index is -2.96. The van der Waals surface area contributed by atoms with Gasteiger partial charge in [0.05, 0.1) is 17.7 Å². The van der Waals surface area contributed by atoms with Crippen molar-refractivity contribution >= 4 is 17.6 Å². The summed E-state index contributed by atoms with van der Waals surface area (Å²) >= 11 is 0. The standard InChI is InChI=1S/C27H26F3N5O4/c1-16-21(10-17-4-2-3-5-22(17)39-25(29)30)35-14-19(20(28)11-23(35)33-16)18-12-31-26(32-13-18)34-8-6-27(15-36,7-9-34)24(37)38/h2-5,11-14,25,36H,6-10,15H2,1H3,(H,37,38). The van der Waals surface area contributed by atoms with E-state index >= 15 is 4.39 Å². The van der Waals surface area contributed by atoms with Gasteiger partial charge in [0.2, 0.25) is 5.95 Å². The molecule has 3 aromatic heterocycles. The minimum Gasteiger partial charge on any atom is -0.481 e. The van der Waals surface area contributed by atoms with Crippen molar-refractivity contribution in [1.29, 1.82) is 0 Å². The number of aliphatic hydroxyl groups excluding tert-OH is 1. The van der Waals surface area contributed by atoms with Gasteiger partial charge in [0.1, 0.15) is 17.2 Å². The van der Waals surface area contributed by atoms with Gasteiger partial charge in [-0.15, -0.1) is 0 Å². The number of carboxylic acids is 1. The van der Waals surface area contributed by atoms with Crippen molar-refractivity contribution in [3.05, 3.63) is 71.7 Å². The Morgan fingerprint density at radius 2 is 1.87 bits per heavy atom. The van der Waals surface area contributed by atoms with Crippen LogP contribution in [0.25, 0.3) is 16.8 Å². The summed E-state index contributed by atoms with van der Waals surface area (Å²) in [5.41, 5.74) is 1.70. The van der Waals surface area contributed by atoms with Crippen LogP contribution >= 0.6 is 0 Å². The molecule has 1 fully saturated rings. The van der Waals surface area contributed by atoms with Crippen LogP contribution in [0.15, 0.2) is 48.9 Å². The normalized spacial score (nSPS) is 15.2. The molecular formula is C27H26F3N5O4. The molecule has 0 unspecified atom stereocenters. The summed E-state index contributed by atoms with van der Waals surface area (Å²) < 4.78 is 47.3. The molecule has 0 aliphatic carbocycles. The first-order valence-electron chi connectivity index (χ1n) is 12.3. The number of rotatable bonds is 8. The van der Waals surface area contributed by atoms with E-state index in [9.17, 15) is 23.8 Å². The second-order valence-electron chi connectivity index (χ2n) is 9.57. The van der Waals surface area contributed by atoms with Crippen LogP contribution in [-0.4, -0.2) is 61.8 Å². The van der Waals surface area contributed by atoms with Crippen molar-refractivity contribution in [1.82, 2.24) is 19.4 Å². The van der Waals surface area contributed by atoms with Crippen molar-refractivity contribution in [3.8, 4) is 16.9 Å². The highest BCUT2D eigenvalue weighted by Gasteiger charge is 2.41. The number of aryl methyl sites for hydroxylation is 1. The number of aliphatic carboxylic acids is 1. The molecule has 0 bridgehead atoms. The summed E-state index contributed by atoms with van der Waals surface area (Å²) in [5, 5.41) is 19.0. The van der Waals surface area contributed by atoms with Crippen molar-refractivity contribution < 1.29 is 32.9 Å². The topological polar surface area (TPSA) is 113 Å². The molecule has 0 atom stereocenters. The predicted octanol–water partition coefficient (Wildman–Crippen LogP) is 4.09. The highest BCUT2D eigenvalue weighted by Crippen LogP contribution is 2.33. The fourth-order valence-corrected chi connectivity index (χ4v) is 4.90. The number of imidazole rings is 1. The number of aliphatic hydroxyl groups is 1. The number of piperidine rings is 1. The number of anilines is 1. The molecule has 1 saturated heterocycles. The Bertz CT molecular complexity index is 1500. The molecule has 204 valence electrons. The Morgan fingerprint density at radius 3 is 2.51 bits per heavy atom. The van der Waals surface area contributed by atoms with Crippen molar-refractivity contribution in [2.75, 3.05) is 24.6 Å². The largest absolute Gasteiger partial charge is 0.481 e. The number of hydrogen-bond acceptors (Lipinski definition) is 7. The van der Waals surface area contributed by atoms with Crippen LogP contribution in [0.2, 0.25) is 0 Å². The van der Waals surface area contributed by atoms with Crippen LogP contribution in [0.3, 0.4) is 0 Å². The number of nitrogens with zero attached hydrogens (tertiary/aromatic N) is 5. The van der Waals surface area contributed by atoms with Crippen molar-refractivity contribution in [2.45, 2.75) is 32.8 Å². The van der Waals surface area contributed by atoms with Gasteiger partial charge in [-0.1, -0.05) is 18.2 Å². The highest BCUT2D eigenvalue weighted by molar-refractivity contribution is 5.75. The molecule has 2 N–H and O–H groups in total. The van der Waals surface area contributed by atoms with Gasteiger partial charge in [-0.25, -0.2) is 19.3 Å². The Labute approximate surface area is 221 Å². The Kier molecular flexibility index (Phi) is 7.13. The molecule has 1 aliphatic rings. The molecule has 5 rings (SSSR count). The third kappa shape index (κ3) is 5.11. The smallest absolute Gasteiger partial charge is 0.387 e. The lowest BCUT2D eigenvalue weighted by molar-refractivity contribution is -0.153. The van der Waals surface area contributed by atoms with Gasteiger partial charge >= 0.3 is 12.6 Å². The Hall–Kier alpha value is -4.19. The van der Waals surface area contributed by atoms with Crippen LogP contribution in [0.4, 0.5) is 19.1 Å². The lowest BCUT2D eigenvalue weighted by Gasteiger charge is -2.37. The summed E-state index contributed by atoms with van der Waals surface area (Å²) in [6.07, 6.45) is 5.31. The number of hydrogen-bond donors (Lipinski definition) is 2. The maximum atomic E-state index is 15.1. The van der Waals surface area contributed by atoms with Gasteiger partial charge in [0.25, 0.3) is 0 Å². The second-order valence-corrected chi connectivity index (χ2v) is 9.57. The van der Waals surface area contributed by atoms with Crippen molar-refractivity contribution in [3.63, 3.8) is 0 Å². The van der Waals surface area contributed by atoms with Gasteiger partial charge < -0.3 is 24.3 Å². The van der Waals surface area contributed by atoms with Crippen LogP contribution in [-0.2, 0) is 11.2 Å². The van der Waals surface area contributed by atoms with E-state index in [1.54, 1.807) is 35.7 Å². The third-order valence-electron chi connectivity index (χ3n) is 7.26. The highest BCUT2D eigenvalue weighted by atomic mass is 19.3. The average Bonchev–Trinajstić information content (AvgIpc) is 3.22. The van der Waals surface area contributed by atoms with Crippen LogP contribution in [0, 0.1) is 18.2 Å². The number of fused-ring (bicyclic) bond motifs is 1. The van der Waals surface area contributed by atoms with E-state index in [0.29, 0.717) is 47.2 Å². The van der Waals surface area contributed by atoms with Crippen molar-refractivity contribution in [2.24, 2.45) is 5.41 Å². The molecule has 0 radical (unpaired) electrons. The number of carboxylic acid groups (broad SMARTS) is 1. The van der Waals surface area contributed by atoms with E-state index in [2.05, 4.69) is 19.7 Å². The summed E-state index contributed by atoms with van der Waals surface area (Å²) in [5.74, 6) is -1.10. The molecule has 4 aromatic rings. The third-order valence-corrected chi connectivity index (χ3v) is 7.26. The number of pyridine rings is 1. The number of carbonyl (C=O) groups is 1. The Morgan fingerprint density at radius 1 is 1.18 bits per heavy atom. The number of ether oxygens (including phenoxy) is 1. The lowest BCUT2D eigenvalue weighted by atomic mass is 9.79. The molecule has 39 heavy (non-hydrogen) atoms. The van der Waals surface area contributed by atoms with Crippen LogP contribution < -0.4 is 9.64 Å². The van der Waals surface area contributed by atoms with Crippen LogP contribution in [0.5, 0.6) is 5.75 Å². The molecule has 0 spiro atoms. The molecule has 1 aromatic carbocycles. The lowest BCUT2D eigenvalue weighted by Crippen LogP contribution is -2.47. The molecule has 4 heterocycles. The maximum absolute atomic E-state index is 15.1. The zero-order valence-corrected chi connectivity index (χ0v) is 21.0. The molecule has 12 heteroatoms. The van der Waals surface area contributed by atoms with E-state index in [0.717, 1.165) is 0 Å². The number of aromatic nitrogens is 4. The molecule has 1 aliphatic heterocycles. The zero-order chi connectivity index (χ0) is 27.7. The summed E-state index contributed by atoms with van der Waals surface area (Å²) in [6, 6.07) is 7.79. The average molecular weight is 542 g/mol. The first-order chi connectivity index (χ1) is 18.7. The van der Waals surface area contributed by atoms with E-state index in [4.69, 9.17) is 0 Å². The van der Waals surface area contributed by atoms with Gasteiger partial charge in [0.15, 0.2) is 0 Å². The van der Waals surface area contributed by atoms with E-state index in [1.165, 1.54) is 24.5 Å². The van der Waals surface area contributed by atoms with Gasteiger partial charge in [-0.2, -0.15) is 8.78 Å². The predicted molar refractivity (Wildman–Crippen MR) is 135 cm³/mol. The number of alkyl halides is 2. The summed E-state index contributed by atoms with van der Waals surface area (Å²) in [7, 11) is 0. The fraction of sp³-hybridized carbons (Fsp3) is 0.333. The van der Waals surface area contributed by atoms with Gasteiger partial charge in [0, 0.05) is 66.6 Å². The monoisotopic (exact) mass is 541 g/mol. The summed E-state index contributed by atoms with van der Waals surface area (Å²) in [6.45, 7) is -0.902. The first-order valence-corrected chi connectivity index (χ1v) is 12.3. The minimum absolute atomic E-state index is 0.0606. The first kappa shape index (κ1) is 26.4. The van der Waals surface area contributed by atoms with Gasteiger partial charge in [-0.05, 0) is 25.8 Å². The quantitative estimate of drug-likeness (QED) is 0.343. The Balaban J connectivity index is 1.42. The van der Waals surface area contributed by atoms with E-state index in [1.807, 2.05) is 4.90 Å². The molecule has 0 amide bonds. The molecule has 9 nitrogen and oxygen atoms in total. The maximum Gasteiger partial charge on any atom is 0.387 e. The number of para-hydroxylation sites is 1. The van der Waals surface area contributed by atoms with Gasteiger partial charge in [-0.3, -0.25) is 4.79 Å². The fourth-order valence-electron chi connectivity index (χ4n) is 4.90. The summed E-state index contributed by atoms with van der Waals surface area (Å²) in [4.78, 5) is 26.6. The van der Waals surface area contributed by atoms with E-state index < -0.39 is 30.4 Å². The van der Waals surface area contributed by atoms with E-state index in [-0.39, 0.29) is 30.6 Å². The zero-order valence-electron chi connectivity index (χ0n) is 21.0. The number of benzene rings is 1. The molecular weight excluding hydrogens is 515 g/mol. The number of halogens is 3.